The van der Waals surface area contributed by atoms with Gasteiger partial charge >= 0.3 is 0 Å². The molecule has 0 radical (unpaired) electrons. The topological polar surface area (TPSA) is 13.1 Å². The number of hydrogen-bond acceptors (Lipinski definition) is 1. The van der Waals surface area contributed by atoms with E-state index in [0.717, 1.165) is 6.42 Å². The molecule has 0 saturated carbocycles. The van der Waals surface area contributed by atoms with Crippen LogP contribution in [0.4, 0.5) is 0 Å². The summed E-state index contributed by atoms with van der Waals surface area (Å²) in [6, 6.07) is 2.08. The van der Waals surface area contributed by atoms with Gasteiger partial charge in [-0.25, -0.2) is 0 Å². The summed E-state index contributed by atoms with van der Waals surface area (Å²) in [5, 5.41) is 0. The van der Waals surface area contributed by atoms with Gasteiger partial charge in [0.15, 0.2) is 0 Å². The molecule has 1 aromatic rings. The van der Waals surface area contributed by atoms with Crippen molar-refractivity contribution in [3.8, 4) is 0 Å². The predicted octanol–water partition coefficient (Wildman–Crippen LogP) is 4.74. The van der Waals surface area contributed by atoms with Crippen LogP contribution in [0.2, 0.25) is 0 Å². The molecule has 1 nitrogen and oxygen atoms in total. The summed E-state index contributed by atoms with van der Waals surface area (Å²) in [4.78, 5) is 0. The summed E-state index contributed by atoms with van der Waals surface area (Å²) in [6.45, 7) is 7.09. The first-order valence-corrected chi connectivity index (χ1v) is 6.30. The predicted molar refractivity (Wildman–Crippen MR) is 67.4 cm³/mol. The lowest BCUT2D eigenvalue weighted by atomic mass is 9.71. The van der Waals surface area contributed by atoms with Crippen molar-refractivity contribution in [2.75, 3.05) is 0 Å². The van der Waals surface area contributed by atoms with Crippen molar-refractivity contribution in [3.05, 3.63) is 35.3 Å². The summed E-state index contributed by atoms with van der Waals surface area (Å²) in [6.07, 6.45) is 9.93. The minimum absolute atomic E-state index is 0.409. The van der Waals surface area contributed by atoms with Gasteiger partial charge in [0, 0.05) is 0 Å². The van der Waals surface area contributed by atoms with Crippen LogP contribution in [-0.2, 0) is 6.42 Å². The summed E-state index contributed by atoms with van der Waals surface area (Å²) >= 11 is 0. The number of furan rings is 1. The molecule has 1 aliphatic carbocycles. The molecule has 1 aromatic heterocycles. The van der Waals surface area contributed by atoms with Gasteiger partial charge in [-0.05, 0) is 56.1 Å². The molecule has 0 bridgehead atoms. The van der Waals surface area contributed by atoms with Crippen LogP contribution in [0.5, 0.6) is 0 Å². The Hall–Kier alpha value is -0.980. The molecule has 0 spiro atoms. The summed E-state index contributed by atoms with van der Waals surface area (Å²) < 4.78 is 5.12. The van der Waals surface area contributed by atoms with Gasteiger partial charge < -0.3 is 4.42 Å². The normalized spacial score (nSPS) is 20.2. The van der Waals surface area contributed by atoms with Crippen LogP contribution < -0.4 is 0 Å². The Labute approximate surface area is 98.5 Å². The highest BCUT2D eigenvalue weighted by atomic mass is 16.3. The first-order valence-electron chi connectivity index (χ1n) is 6.30. The molecule has 0 unspecified atom stereocenters. The third-order valence-electron chi connectivity index (χ3n) is 3.93. The van der Waals surface area contributed by atoms with Crippen molar-refractivity contribution in [3.63, 3.8) is 0 Å². The monoisotopic (exact) mass is 218 g/mol. The molecule has 88 valence electrons. The van der Waals surface area contributed by atoms with Gasteiger partial charge in [0.1, 0.15) is 0 Å². The molecule has 0 saturated heterocycles. The molecule has 1 aliphatic rings. The van der Waals surface area contributed by atoms with Crippen LogP contribution in [0.25, 0.3) is 0 Å². The second kappa shape index (κ2) is 4.48. The average molecular weight is 218 g/mol. The lowest BCUT2D eigenvalue weighted by molar-refractivity contribution is 0.354. The molecular weight excluding hydrogens is 196 g/mol. The van der Waals surface area contributed by atoms with E-state index in [1.54, 1.807) is 17.4 Å². The second-order valence-electron chi connectivity index (χ2n) is 5.63. The molecule has 0 amide bonds. The quantitative estimate of drug-likeness (QED) is 0.668. The molecule has 1 heterocycles. The van der Waals surface area contributed by atoms with Crippen molar-refractivity contribution < 1.29 is 4.42 Å². The van der Waals surface area contributed by atoms with Crippen LogP contribution in [-0.4, -0.2) is 0 Å². The van der Waals surface area contributed by atoms with Gasteiger partial charge in [0.2, 0.25) is 0 Å². The average Bonchev–Trinajstić information content (AvgIpc) is 2.68. The Balaban J connectivity index is 2.07. The van der Waals surface area contributed by atoms with Gasteiger partial charge in [-0.3, -0.25) is 0 Å². The van der Waals surface area contributed by atoms with Gasteiger partial charge in [-0.2, -0.15) is 0 Å². The summed E-state index contributed by atoms with van der Waals surface area (Å²) in [5.74, 6) is 0. The first kappa shape index (κ1) is 11.5. The maximum absolute atomic E-state index is 5.12. The van der Waals surface area contributed by atoms with Crippen LogP contribution in [0, 0.1) is 5.41 Å². The first-order chi connectivity index (χ1) is 7.59. The van der Waals surface area contributed by atoms with Crippen LogP contribution in [0.3, 0.4) is 0 Å². The molecule has 16 heavy (non-hydrogen) atoms. The Morgan fingerprint density at radius 2 is 2.12 bits per heavy atom. The van der Waals surface area contributed by atoms with E-state index in [4.69, 9.17) is 4.42 Å². The van der Waals surface area contributed by atoms with E-state index in [2.05, 4.69) is 26.8 Å². The summed E-state index contributed by atoms with van der Waals surface area (Å²) in [5.41, 5.74) is 5.04. The lowest BCUT2D eigenvalue weighted by Gasteiger charge is -2.34. The van der Waals surface area contributed by atoms with Crippen molar-refractivity contribution in [1.82, 2.24) is 0 Å². The van der Waals surface area contributed by atoms with Crippen LogP contribution in [0.1, 0.15) is 52.0 Å². The SMILES string of the molecule is CC1=C(CCc2ccoc2)C(C)(C)CCC1. The van der Waals surface area contributed by atoms with E-state index in [0.29, 0.717) is 5.41 Å². The lowest BCUT2D eigenvalue weighted by Crippen LogP contribution is -2.20. The van der Waals surface area contributed by atoms with E-state index < -0.39 is 0 Å². The minimum Gasteiger partial charge on any atom is -0.472 e. The highest BCUT2D eigenvalue weighted by Crippen LogP contribution is 2.42. The smallest absolute Gasteiger partial charge is 0.0934 e. The van der Waals surface area contributed by atoms with Gasteiger partial charge in [-0.1, -0.05) is 25.0 Å². The Bertz CT molecular complexity index is 368. The van der Waals surface area contributed by atoms with Crippen molar-refractivity contribution in [2.24, 2.45) is 5.41 Å². The molecule has 0 aliphatic heterocycles. The van der Waals surface area contributed by atoms with Crippen molar-refractivity contribution in [2.45, 2.75) is 52.9 Å². The zero-order valence-corrected chi connectivity index (χ0v) is 10.7. The van der Waals surface area contributed by atoms with Gasteiger partial charge in [0.05, 0.1) is 12.5 Å². The molecule has 1 heteroatoms. The Morgan fingerprint density at radius 3 is 2.75 bits per heavy atom. The fraction of sp³-hybridized carbons (Fsp3) is 0.600. The fourth-order valence-electron chi connectivity index (χ4n) is 2.93. The maximum Gasteiger partial charge on any atom is 0.0934 e. The molecule has 0 N–H and O–H groups in total. The molecule has 0 fully saturated rings. The highest BCUT2D eigenvalue weighted by Gasteiger charge is 2.27. The number of rotatable bonds is 3. The van der Waals surface area contributed by atoms with Gasteiger partial charge in [0.25, 0.3) is 0 Å². The van der Waals surface area contributed by atoms with Crippen molar-refractivity contribution >= 4 is 0 Å². The Morgan fingerprint density at radius 1 is 1.31 bits per heavy atom. The molecule has 0 atom stereocenters. The van der Waals surface area contributed by atoms with E-state index >= 15 is 0 Å². The Kier molecular flexibility index (Phi) is 3.22. The second-order valence-corrected chi connectivity index (χ2v) is 5.63. The zero-order chi connectivity index (χ0) is 11.6. The van der Waals surface area contributed by atoms with Crippen LogP contribution >= 0.6 is 0 Å². The number of hydrogen-bond donors (Lipinski definition) is 0. The molecule has 0 aromatic carbocycles. The standard InChI is InChI=1S/C15H22O/c1-12-5-4-9-15(2,3)14(12)7-6-13-8-10-16-11-13/h8,10-11H,4-7,9H2,1-3H3. The zero-order valence-electron chi connectivity index (χ0n) is 10.7. The van der Waals surface area contributed by atoms with E-state index in [1.807, 2.05) is 6.26 Å². The molecular formula is C15H22O. The number of allylic oxidation sites excluding steroid dienone is 2. The van der Waals surface area contributed by atoms with E-state index in [-0.39, 0.29) is 0 Å². The number of aryl methyl sites for hydroxylation is 1. The van der Waals surface area contributed by atoms with E-state index in [1.165, 1.54) is 31.2 Å². The minimum atomic E-state index is 0.409. The third-order valence-corrected chi connectivity index (χ3v) is 3.93. The van der Waals surface area contributed by atoms with Crippen LogP contribution in [0.15, 0.2) is 34.2 Å². The van der Waals surface area contributed by atoms with E-state index in [9.17, 15) is 0 Å². The highest BCUT2D eigenvalue weighted by molar-refractivity contribution is 5.23. The third kappa shape index (κ3) is 2.40. The van der Waals surface area contributed by atoms with Gasteiger partial charge in [-0.15, -0.1) is 0 Å². The van der Waals surface area contributed by atoms with Crippen molar-refractivity contribution in [1.29, 1.82) is 0 Å². The molecule has 2 rings (SSSR count). The summed E-state index contributed by atoms with van der Waals surface area (Å²) in [7, 11) is 0. The largest absolute Gasteiger partial charge is 0.472 e. The fourth-order valence-corrected chi connectivity index (χ4v) is 2.93. The maximum atomic E-state index is 5.12.